The molecule has 2 aromatic rings. The van der Waals surface area contributed by atoms with Gasteiger partial charge in [0.05, 0.1) is 0 Å². The molecule has 1 saturated heterocycles. The minimum absolute atomic E-state index is 0.143. The van der Waals surface area contributed by atoms with Crippen molar-refractivity contribution in [2.45, 2.75) is 55.9 Å². The van der Waals surface area contributed by atoms with Gasteiger partial charge in [0.15, 0.2) is 0 Å². The van der Waals surface area contributed by atoms with Crippen molar-refractivity contribution < 1.29 is 14.4 Å². The van der Waals surface area contributed by atoms with Crippen molar-refractivity contribution in [2.24, 2.45) is 0 Å². The summed E-state index contributed by atoms with van der Waals surface area (Å²) < 4.78 is 0. The Morgan fingerprint density at radius 1 is 1.03 bits per heavy atom. The Kier molecular flexibility index (Phi) is 6.51. The van der Waals surface area contributed by atoms with Crippen LogP contribution in [0.3, 0.4) is 0 Å². The zero-order chi connectivity index (χ0) is 21.9. The van der Waals surface area contributed by atoms with Crippen LogP contribution in [-0.4, -0.2) is 34.8 Å². The number of nitrogens with zero attached hydrogens (tertiary/aromatic N) is 1. The van der Waals surface area contributed by atoms with Crippen molar-refractivity contribution in [1.29, 1.82) is 0 Å². The van der Waals surface area contributed by atoms with Gasteiger partial charge in [-0.25, -0.2) is 4.79 Å². The van der Waals surface area contributed by atoms with E-state index in [0.717, 1.165) is 10.6 Å². The lowest BCUT2D eigenvalue weighted by molar-refractivity contribution is -0.130. The van der Waals surface area contributed by atoms with Gasteiger partial charge in [-0.15, -0.1) is 0 Å². The van der Waals surface area contributed by atoms with Gasteiger partial charge in [0, 0.05) is 28.4 Å². The summed E-state index contributed by atoms with van der Waals surface area (Å²) in [5, 5.41) is 5.50. The molecular formula is C23H27N3O3S. The molecule has 7 heteroatoms. The van der Waals surface area contributed by atoms with Gasteiger partial charge in [0.2, 0.25) is 5.91 Å². The Hall–Kier alpha value is -2.80. The molecule has 1 fully saturated rings. The average Bonchev–Trinajstić information content (AvgIpc) is 2.87. The number of imide groups is 1. The summed E-state index contributed by atoms with van der Waals surface area (Å²) in [4.78, 5) is 39.6. The zero-order valence-electron chi connectivity index (χ0n) is 17.7. The van der Waals surface area contributed by atoms with Gasteiger partial charge in [-0.3, -0.25) is 14.5 Å². The highest BCUT2D eigenvalue weighted by Crippen LogP contribution is 2.29. The third-order valence-electron chi connectivity index (χ3n) is 5.08. The molecule has 6 nitrogen and oxygen atoms in total. The second-order valence-corrected chi connectivity index (χ2v) is 9.18. The second-order valence-electron chi connectivity index (χ2n) is 8.04. The van der Waals surface area contributed by atoms with Crippen LogP contribution in [0.15, 0.2) is 52.3 Å². The highest BCUT2D eigenvalue weighted by atomic mass is 32.2. The molecule has 0 unspecified atom stereocenters. The number of aryl methyl sites for hydroxylation is 2. The van der Waals surface area contributed by atoms with Crippen LogP contribution in [0.2, 0.25) is 0 Å². The van der Waals surface area contributed by atoms with Crippen LogP contribution in [0.5, 0.6) is 0 Å². The summed E-state index contributed by atoms with van der Waals surface area (Å²) in [6, 6.07) is 13.7. The molecule has 0 radical (unpaired) electrons. The summed E-state index contributed by atoms with van der Waals surface area (Å²) in [6.07, 6.45) is 0.651. The molecule has 30 heavy (non-hydrogen) atoms. The van der Waals surface area contributed by atoms with Gasteiger partial charge < -0.3 is 10.6 Å². The molecule has 0 aliphatic carbocycles. The molecule has 4 amide bonds. The Morgan fingerprint density at radius 3 is 2.30 bits per heavy atom. The summed E-state index contributed by atoms with van der Waals surface area (Å²) in [7, 11) is 0. The first-order valence-corrected chi connectivity index (χ1v) is 10.8. The number of carbonyl (C=O) groups is 3. The maximum atomic E-state index is 12.2. The van der Waals surface area contributed by atoms with E-state index < -0.39 is 11.6 Å². The molecule has 158 valence electrons. The number of rotatable bonds is 7. The lowest BCUT2D eigenvalue weighted by Gasteiger charge is -2.15. The smallest absolute Gasteiger partial charge is 0.325 e. The number of nitrogens with one attached hydrogen (secondary N) is 2. The lowest BCUT2D eigenvalue weighted by Crippen LogP contribution is -2.40. The van der Waals surface area contributed by atoms with Crippen LogP contribution in [-0.2, 0) is 9.59 Å². The SMILES string of the molecule is Cc1ccc(Sc2ccc(NC(=O)CCCN3C(=O)NC(C)(C)C3=O)cc2)cc1C. The fourth-order valence-electron chi connectivity index (χ4n) is 3.16. The van der Waals surface area contributed by atoms with E-state index in [4.69, 9.17) is 0 Å². The highest BCUT2D eigenvalue weighted by molar-refractivity contribution is 7.99. The number of carbonyl (C=O) groups excluding carboxylic acids is 3. The van der Waals surface area contributed by atoms with E-state index in [9.17, 15) is 14.4 Å². The van der Waals surface area contributed by atoms with Crippen molar-refractivity contribution in [1.82, 2.24) is 10.2 Å². The highest BCUT2D eigenvalue weighted by Gasteiger charge is 2.43. The van der Waals surface area contributed by atoms with Gasteiger partial charge in [-0.1, -0.05) is 17.8 Å². The maximum Gasteiger partial charge on any atom is 0.325 e. The predicted molar refractivity (Wildman–Crippen MR) is 119 cm³/mol. The van der Waals surface area contributed by atoms with Gasteiger partial charge in [-0.2, -0.15) is 0 Å². The van der Waals surface area contributed by atoms with Gasteiger partial charge >= 0.3 is 6.03 Å². The number of hydrogen-bond donors (Lipinski definition) is 2. The standard InChI is InChI=1S/C23H27N3O3S/c1-15-7-10-19(14-16(15)2)30-18-11-8-17(9-12-18)24-20(27)6-5-13-26-21(28)23(3,4)25-22(26)29/h7-12,14H,5-6,13H2,1-4H3,(H,24,27)(H,25,29). The number of urea groups is 1. The second kappa shape index (κ2) is 8.92. The third kappa shape index (κ3) is 5.21. The van der Waals surface area contributed by atoms with E-state index in [2.05, 4.69) is 42.7 Å². The van der Waals surface area contributed by atoms with Gasteiger partial charge in [0.25, 0.3) is 5.91 Å². The summed E-state index contributed by atoms with van der Waals surface area (Å²) in [5.41, 5.74) is 2.38. The first kappa shape index (κ1) is 21.9. The lowest BCUT2D eigenvalue weighted by atomic mass is 10.1. The number of amides is 4. The molecule has 2 aromatic carbocycles. The molecule has 0 saturated carbocycles. The molecule has 1 aliphatic rings. The molecule has 1 heterocycles. The molecule has 0 aromatic heterocycles. The van der Waals surface area contributed by atoms with Crippen molar-refractivity contribution in [3.63, 3.8) is 0 Å². The zero-order valence-corrected chi connectivity index (χ0v) is 18.6. The van der Waals surface area contributed by atoms with Crippen LogP contribution in [0.4, 0.5) is 10.5 Å². The number of anilines is 1. The molecule has 3 rings (SSSR count). The van der Waals surface area contributed by atoms with Crippen LogP contribution < -0.4 is 10.6 Å². The van der Waals surface area contributed by atoms with Crippen molar-refractivity contribution in [2.75, 3.05) is 11.9 Å². The van der Waals surface area contributed by atoms with Gasteiger partial charge in [-0.05, 0) is 81.6 Å². The van der Waals surface area contributed by atoms with Crippen LogP contribution in [0.25, 0.3) is 0 Å². The van der Waals surface area contributed by atoms with Crippen molar-refractivity contribution >= 4 is 35.3 Å². The maximum absolute atomic E-state index is 12.2. The molecule has 0 bridgehead atoms. The van der Waals surface area contributed by atoms with E-state index in [1.54, 1.807) is 25.6 Å². The fraction of sp³-hybridized carbons (Fsp3) is 0.348. The van der Waals surface area contributed by atoms with Gasteiger partial charge in [0.1, 0.15) is 5.54 Å². The normalized spacial score (nSPS) is 15.3. The average molecular weight is 426 g/mol. The summed E-state index contributed by atoms with van der Waals surface area (Å²) >= 11 is 1.68. The molecule has 0 atom stereocenters. The Bertz CT molecular complexity index is 970. The first-order chi connectivity index (χ1) is 14.2. The van der Waals surface area contributed by atoms with E-state index >= 15 is 0 Å². The number of benzene rings is 2. The van der Waals surface area contributed by atoms with Crippen LogP contribution >= 0.6 is 11.8 Å². The largest absolute Gasteiger partial charge is 0.326 e. The van der Waals surface area contributed by atoms with Crippen molar-refractivity contribution in [3.05, 3.63) is 53.6 Å². The Morgan fingerprint density at radius 2 is 1.70 bits per heavy atom. The number of hydrogen-bond acceptors (Lipinski definition) is 4. The Labute approximate surface area is 181 Å². The minimum atomic E-state index is -0.879. The predicted octanol–water partition coefficient (Wildman–Crippen LogP) is 4.50. The third-order valence-corrected chi connectivity index (χ3v) is 6.08. The minimum Gasteiger partial charge on any atom is -0.326 e. The Balaban J connectivity index is 1.47. The van der Waals surface area contributed by atoms with Crippen LogP contribution in [0.1, 0.15) is 37.8 Å². The molecular weight excluding hydrogens is 398 g/mol. The molecule has 1 aliphatic heterocycles. The van der Waals surface area contributed by atoms with E-state index in [0.29, 0.717) is 6.42 Å². The molecule has 0 spiro atoms. The van der Waals surface area contributed by atoms with Crippen molar-refractivity contribution in [3.8, 4) is 0 Å². The van der Waals surface area contributed by atoms with E-state index in [1.807, 2.05) is 24.3 Å². The van der Waals surface area contributed by atoms with E-state index in [1.165, 1.54) is 20.9 Å². The fourth-order valence-corrected chi connectivity index (χ4v) is 4.08. The monoisotopic (exact) mass is 425 g/mol. The summed E-state index contributed by atoms with van der Waals surface area (Å²) in [6.45, 7) is 7.77. The summed E-state index contributed by atoms with van der Waals surface area (Å²) in [5.74, 6) is -0.402. The quantitative estimate of drug-likeness (QED) is 0.640. The van der Waals surface area contributed by atoms with E-state index in [-0.39, 0.29) is 24.8 Å². The van der Waals surface area contributed by atoms with Crippen LogP contribution in [0, 0.1) is 13.8 Å². The topological polar surface area (TPSA) is 78.5 Å². The molecule has 2 N–H and O–H groups in total. The first-order valence-electron chi connectivity index (χ1n) is 9.95.